The highest BCUT2D eigenvalue weighted by molar-refractivity contribution is 5.82. The van der Waals surface area contributed by atoms with Crippen molar-refractivity contribution in [3.8, 4) is 0 Å². The molecule has 0 fully saturated rings. The molecule has 0 bridgehead atoms. The summed E-state index contributed by atoms with van der Waals surface area (Å²) in [5, 5.41) is 13.3. The first-order valence-corrected chi connectivity index (χ1v) is 5.28. The minimum Gasteiger partial charge on any atom is -0.480 e. The van der Waals surface area contributed by atoms with E-state index in [0.29, 0.717) is 25.7 Å². The van der Waals surface area contributed by atoms with Crippen LogP contribution in [0.4, 0.5) is 4.79 Å². The van der Waals surface area contributed by atoms with Gasteiger partial charge in [0, 0.05) is 13.2 Å². The van der Waals surface area contributed by atoms with Crippen LogP contribution in [-0.2, 0) is 9.53 Å². The normalized spacial score (nSPS) is 12.2. The zero-order valence-electron chi connectivity index (χ0n) is 9.95. The Balaban J connectivity index is 3.48. The van der Waals surface area contributed by atoms with Crippen molar-refractivity contribution in [2.24, 2.45) is 5.92 Å². The third kappa shape index (κ3) is 8.05. The van der Waals surface area contributed by atoms with Crippen LogP contribution in [-0.4, -0.2) is 42.9 Å². The van der Waals surface area contributed by atoms with Gasteiger partial charge in [-0.3, -0.25) is 4.79 Å². The zero-order valence-corrected chi connectivity index (χ0v) is 9.95. The van der Waals surface area contributed by atoms with E-state index < -0.39 is 18.0 Å². The molecule has 6 nitrogen and oxygen atoms in total. The number of ether oxygens (including phenoxy) is 1. The van der Waals surface area contributed by atoms with E-state index >= 15 is 0 Å². The Morgan fingerprint density at radius 3 is 2.44 bits per heavy atom. The Hall–Kier alpha value is -1.30. The second-order valence-corrected chi connectivity index (χ2v) is 3.93. The molecule has 0 aromatic carbocycles. The summed E-state index contributed by atoms with van der Waals surface area (Å²) in [6.07, 6.45) is 0. The number of hydrogen-bond acceptors (Lipinski definition) is 3. The second kappa shape index (κ2) is 7.92. The van der Waals surface area contributed by atoms with E-state index in [4.69, 9.17) is 9.84 Å². The maximum Gasteiger partial charge on any atom is 0.325 e. The van der Waals surface area contributed by atoms with Crippen LogP contribution < -0.4 is 10.6 Å². The van der Waals surface area contributed by atoms with Gasteiger partial charge in [-0.15, -0.1) is 0 Å². The van der Waals surface area contributed by atoms with Crippen molar-refractivity contribution in [2.75, 3.05) is 19.8 Å². The highest BCUT2D eigenvalue weighted by Gasteiger charge is 2.12. The standard InChI is InChI=1S/C10H20N2O4/c1-7(2)6-16-5-4-11-10(15)12-8(3)9(13)14/h7-8H,4-6H2,1-3H3,(H,13,14)(H2,11,12,15). The Labute approximate surface area is 95.4 Å². The molecule has 0 aliphatic rings. The maximum atomic E-state index is 11.1. The minimum atomic E-state index is -1.06. The summed E-state index contributed by atoms with van der Waals surface area (Å²) in [4.78, 5) is 21.5. The fourth-order valence-corrected chi connectivity index (χ4v) is 0.865. The van der Waals surface area contributed by atoms with Crippen LogP contribution in [0.15, 0.2) is 0 Å². The Kier molecular flexibility index (Phi) is 7.28. The van der Waals surface area contributed by atoms with Crippen LogP contribution in [0.3, 0.4) is 0 Å². The van der Waals surface area contributed by atoms with E-state index in [2.05, 4.69) is 10.6 Å². The highest BCUT2D eigenvalue weighted by atomic mass is 16.5. The van der Waals surface area contributed by atoms with E-state index in [1.54, 1.807) is 0 Å². The van der Waals surface area contributed by atoms with Crippen LogP contribution in [0.5, 0.6) is 0 Å². The quantitative estimate of drug-likeness (QED) is 0.555. The SMILES string of the molecule is CC(C)COCCNC(=O)NC(C)C(=O)O. The number of carboxylic acid groups (broad SMARTS) is 1. The van der Waals surface area contributed by atoms with Crippen molar-refractivity contribution in [1.29, 1.82) is 0 Å². The maximum absolute atomic E-state index is 11.1. The Morgan fingerprint density at radius 2 is 1.94 bits per heavy atom. The van der Waals surface area contributed by atoms with Gasteiger partial charge < -0.3 is 20.5 Å². The molecule has 0 aromatic rings. The average molecular weight is 232 g/mol. The number of aliphatic carboxylic acids is 1. The third-order valence-corrected chi connectivity index (χ3v) is 1.70. The molecule has 6 heteroatoms. The molecular formula is C10H20N2O4. The molecule has 1 atom stereocenters. The largest absolute Gasteiger partial charge is 0.480 e. The van der Waals surface area contributed by atoms with Crippen LogP contribution in [0.2, 0.25) is 0 Å². The van der Waals surface area contributed by atoms with Crippen molar-refractivity contribution >= 4 is 12.0 Å². The predicted molar refractivity (Wildman–Crippen MR) is 59.3 cm³/mol. The minimum absolute atomic E-state index is 0.366. The fourth-order valence-electron chi connectivity index (χ4n) is 0.865. The lowest BCUT2D eigenvalue weighted by atomic mass is 10.2. The molecule has 0 radical (unpaired) electrons. The van der Waals surface area contributed by atoms with Gasteiger partial charge in [-0.25, -0.2) is 4.79 Å². The summed E-state index contributed by atoms with van der Waals surface area (Å²) in [6.45, 7) is 6.91. The molecule has 16 heavy (non-hydrogen) atoms. The van der Waals surface area contributed by atoms with Gasteiger partial charge in [-0.2, -0.15) is 0 Å². The zero-order chi connectivity index (χ0) is 12.6. The van der Waals surface area contributed by atoms with Gasteiger partial charge in [0.1, 0.15) is 6.04 Å². The summed E-state index contributed by atoms with van der Waals surface area (Å²) >= 11 is 0. The molecule has 0 saturated heterocycles. The van der Waals surface area contributed by atoms with Crippen LogP contribution >= 0.6 is 0 Å². The Bertz CT molecular complexity index is 231. The second-order valence-electron chi connectivity index (χ2n) is 3.93. The molecule has 0 saturated carbocycles. The highest BCUT2D eigenvalue weighted by Crippen LogP contribution is 1.90. The average Bonchev–Trinajstić information content (AvgIpc) is 2.16. The molecule has 2 amide bonds. The molecule has 0 aliphatic carbocycles. The monoisotopic (exact) mass is 232 g/mol. The fraction of sp³-hybridized carbons (Fsp3) is 0.800. The van der Waals surface area contributed by atoms with Crippen molar-refractivity contribution in [2.45, 2.75) is 26.8 Å². The molecule has 94 valence electrons. The van der Waals surface area contributed by atoms with E-state index in [9.17, 15) is 9.59 Å². The van der Waals surface area contributed by atoms with Gasteiger partial charge >= 0.3 is 12.0 Å². The summed E-state index contributed by atoms with van der Waals surface area (Å²) in [6, 6.07) is -1.39. The van der Waals surface area contributed by atoms with E-state index in [-0.39, 0.29) is 0 Å². The molecule has 0 rings (SSSR count). The first-order chi connectivity index (χ1) is 7.43. The van der Waals surface area contributed by atoms with Crippen LogP contribution in [0.1, 0.15) is 20.8 Å². The molecular weight excluding hydrogens is 212 g/mol. The van der Waals surface area contributed by atoms with Gasteiger partial charge in [0.05, 0.1) is 6.61 Å². The van der Waals surface area contributed by atoms with Gasteiger partial charge in [0.25, 0.3) is 0 Å². The molecule has 0 aromatic heterocycles. The van der Waals surface area contributed by atoms with E-state index in [0.717, 1.165) is 0 Å². The number of urea groups is 1. The van der Waals surface area contributed by atoms with Gasteiger partial charge in [-0.1, -0.05) is 13.8 Å². The van der Waals surface area contributed by atoms with Crippen molar-refractivity contribution in [1.82, 2.24) is 10.6 Å². The van der Waals surface area contributed by atoms with E-state index in [1.807, 2.05) is 13.8 Å². The van der Waals surface area contributed by atoms with Crippen molar-refractivity contribution in [3.63, 3.8) is 0 Å². The van der Waals surface area contributed by atoms with E-state index in [1.165, 1.54) is 6.92 Å². The number of carboxylic acids is 1. The lowest BCUT2D eigenvalue weighted by Crippen LogP contribution is -2.45. The lowest BCUT2D eigenvalue weighted by molar-refractivity contribution is -0.138. The first-order valence-electron chi connectivity index (χ1n) is 5.28. The smallest absolute Gasteiger partial charge is 0.325 e. The number of hydrogen-bond donors (Lipinski definition) is 3. The Morgan fingerprint density at radius 1 is 1.31 bits per heavy atom. The number of amides is 2. The van der Waals surface area contributed by atoms with Crippen LogP contribution in [0.25, 0.3) is 0 Å². The van der Waals surface area contributed by atoms with Gasteiger partial charge in [-0.05, 0) is 12.8 Å². The predicted octanol–water partition coefficient (Wildman–Crippen LogP) is 0.431. The van der Waals surface area contributed by atoms with Crippen molar-refractivity contribution < 1.29 is 19.4 Å². The number of carbonyl (C=O) groups is 2. The topological polar surface area (TPSA) is 87.7 Å². The number of carbonyl (C=O) groups excluding carboxylic acids is 1. The third-order valence-electron chi connectivity index (χ3n) is 1.70. The van der Waals surface area contributed by atoms with Crippen molar-refractivity contribution in [3.05, 3.63) is 0 Å². The molecule has 0 aliphatic heterocycles. The van der Waals surface area contributed by atoms with Crippen LogP contribution in [0, 0.1) is 5.92 Å². The first kappa shape index (κ1) is 14.7. The molecule has 0 spiro atoms. The summed E-state index contributed by atoms with van der Waals surface area (Å²) in [7, 11) is 0. The number of rotatable bonds is 7. The van der Waals surface area contributed by atoms with Gasteiger partial charge in [0.15, 0.2) is 0 Å². The summed E-state index contributed by atoms with van der Waals surface area (Å²) < 4.78 is 5.24. The summed E-state index contributed by atoms with van der Waals surface area (Å²) in [5.74, 6) is -0.605. The molecule has 0 heterocycles. The molecule has 3 N–H and O–H groups in total. The summed E-state index contributed by atoms with van der Waals surface area (Å²) in [5.41, 5.74) is 0. The van der Waals surface area contributed by atoms with Gasteiger partial charge in [0.2, 0.25) is 0 Å². The lowest BCUT2D eigenvalue weighted by Gasteiger charge is -2.11. The molecule has 1 unspecified atom stereocenters. The number of nitrogens with one attached hydrogen (secondary N) is 2.